The third-order valence-electron chi connectivity index (χ3n) is 5.37. The number of hydrogen-bond donors (Lipinski definition) is 1. The van der Waals surface area contributed by atoms with E-state index in [1.807, 2.05) is 0 Å². The van der Waals surface area contributed by atoms with Gasteiger partial charge >= 0.3 is 0 Å². The lowest BCUT2D eigenvalue weighted by Gasteiger charge is -2.12. The highest BCUT2D eigenvalue weighted by Crippen LogP contribution is 2.21. The van der Waals surface area contributed by atoms with Crippen molar-refractivity contribution in [3.63, 3.8) is 0 Å². The third kappa shape index (κ3) is 9.98. The van der Waals surface area contributed by atoms with Gasteiger partial charge < -0.3 is 0 Å². The summed E-state index contributed by atoms with van der Waals surface area (Å²) in [7, 11) is -4.67. The lowest BCUT2D eigenvalue weighted by atomic mass is 10.1. The SMILES string of the molecule is CCCCCCCC/C=C\CCCCCCCC(=O)N1C(=O)CC(S(=O)(=O)O)C1=O. The molecule has 3 amide bonds. The van der Waals surface area contributed by atoms with Crippen LogP contribution in [-0.2, 0) is 24.5 Å². The zero-order valence-corrected chi connectivity index (χ0v) is 19.0. The molecule has 1 heterocycles. The van der Waals surface area contributed by atoms with Gasteiger partial charge in [-0.15, -0.1) is 0 Å². The van der Waals surface area contributed by atoms with Gasteiger partial charge in [0.15, 0.2) is 5.25 Å². The molecule has 0 aromatic rings. The molecule has 0 saturated carbocycles. The predicted octanol–water partition coefficient (Wildman–Crippen LogP) is 4.57. The fourth-order valence-corrected chi connectivity index (χ4v) is 4.27. The summed E-state index contributed by atoms with van der Waals surface area (Å²) < 4.78 is 31.2. The van der Waals surface area contributed by atoms with Crippen molar-refractivity contribution in [3.8, 4) is 0 Å². The van der Waals surface area contributed by atoms with Crippen LogP contribution in [0, 0.1) is 0 Å². The van der Waals surface area contributed by atoms with Gasteiger partial charge in [0, 0.05) is 6.42 Å². The molecule has 0 radical (unpaired) electrons. The molecule has 0 aromatic carbocycles. The number of allylic oxidation sites excluding steroid dienone is 2. The van der Waals surface area contributed by atoms with Gasteiger partial charge in [0.25, 0.3) is 16.0 Å². The van der Waals surface area contributed by atoms with Crippen molar-refractivity contribution in [2.24, 2.45) is 0 Å². The number of rotatable bonds is 16. The Kier molecular flexibility index (Phi) is 12.8. The molecule has 1 aliphatic heterocycles. The topological polar surface area (TPSA) is 109 Å². The number of nitrogens with zero attached hydrogens (tertiary/aromatic N) is 1. The zero-order valence-electron chi connectivity index (χ0n) is 18.2. The minimum atomic E-state index is -4.67. The molecule has 8 heteroatoms. The zero-order chi connectivity index (χ0) is 22.4. The Morgan fingerprint density at radius 1 is 0.933 bits per heavy atom. The molecule has 1 N–H and O–H groups in total. The van der Waals surface area contributed by atoms with E-state index in [9.17, 15) is 22.8 Å². The highest BCUT2D eigenvalue weighted by molar-refractivity contribution is 7.87. The summed E-state index contributed by atoms with van der Waals surface area (Å²) in [5.74, 6) is -2.69. The highest BCUT2D eigenvalue weighted by Gasteiger charge is 2.48. The Morgan fingerprint density at radius 3 is 1.93 bits per heavy atom. The summed E-state index contributed by atoms with van der Waals surface area (Å²) in [6.07, 6.45) is 18.4. The summed E-state index contributed by atoms with van der Waals surface area (Å²) in [6, 6.07) is 0. The molecule has 172 valence electrons. The molecule has 1 rings (SSSR count). The summed E-state index contributed by atoms with van der Waals surface area (Å²) in [5, 5.41) is -1.84. The van der Waals surface area contributed by atoms with Crippen LogP contribution in [0.25, 0.3) is 0 Å². The second-order valence-corrected chi connectivity index (χ2v) is 9.60. The number of likely N-dealkylation sites (tertiary alicyclic amines) is 1. The van der Waals surface area contributed by atoms with Crippen LogP contribution in [0.1, 0.15) is 103 Å². The first-order valence-corrected chi connectivity index (χ1v) is 12.8. The van der Waals surface area contributed by atoms with Crippen molar-refractivity contribution in [1.29, 1.82) is 0 Å². The van der Waals surface area contributed by atoms with E-state index in [1.165, 1.54) is 38.5 Å². The van der Waals surface area contributed by atoms with Gasteiger partial charge in [-0.05, 0) is 32.1 Å². The van der Waals surface area contributed by atoms with Gasteiger partial charge in [0.05, 0.1) is 6.42 Å². The van der Waals surface area contributed by atoms with Gasteiger partial charge in [0.2, 0.25) is 11.8 Å². The summed E-state index contributed by atoms with van der Waals surface area (Å²) in [4.78, 5) is 36.1. The molecule has 0 aromatic heterocycles. The smallest absolute Gasteiger partial charge is 0.277 e. The highest BCUT2D eigenvalue weighted by atomic mass is 32.2. The van der Waals surface area contributed by atoms with Gasteiger partial charge in [-0.3, -0.25) is 18.9 Å². The maximum atomic E-state index is 12.1. The quantitative estimate of drug-likeness (QED) is 0.162. The van der Waals surface area contributed by atoms with Crippen LogP contribution < -0.4 is 0 Å². The first-order chi connectivity index (χ1) is 14.3. The monoisotopic (exact) mass is 443 g/mol. The van der Waals surface area contributed by atoms with Crippen LogP contribution in [0.3, 0.4) is 0 Å². The van der Waals surface area contributed by atoms with E-state index < -0.39 is 39.5 Å². The van der Waals surface area contributed by atoms with Crippen LogP contribution in [0.4, 0.5) is 0 Å². The van der Waals surface area contributed by atoms with Crippen LogP contribution in [-0.4, -0.2) is 40.8 Å². The largest absolute Gasteiger partial charge is 0.285 e. The molecular weight excluding hydrogens is 406 g/mol. The van der Waals surface area contributed by atoms with Crippen LogP contribution >= 0.6 is 0 Å². The Morgan fingerprint density at radius 2 is 1.43 bits per heavy atom. The van der Waals surface area contributed by atoms with Crippen LogP contribution in [0.2, 0.25) is 0 Å². The Labute approximate surface area is 181 Å². The Hall–Kier alpha value is -1.54. The number of carbonyl (C=O) groups is 3. The maximum Gasteiger partial charge on any atom is 0.277 e. The minimum Gasteiger partial charge on any atom is -0.285 e. The number of carbonyl (C=O) groups excluding carboxylic acids is 3. The van der Waals surface area contributed by atoms with Gasteiger partial charge in [-0.25, -0.2) is 4.90 Å². The third-order valence-corrected chi connectivity index (χ3v) is 6.45. The number of imide groups is 3. The summed E-state index contributed by atoms with van der Waals surface area (Å²) in [6.45, 7) is 2.23. The lowest BCUT2D eigenvalue weighted by molar-refractivity contribution is -0.149. The summed E-state index contributed by atoms with van der Waals surface area (Å²) >= 11 is 0. The van der Waals surface area contributed by atoms with E-state index in [0.29, 0.717) is 11.3 Å². The first-order valence-electron chi connectivity index (χ1n) is 11.3. The molecule has 0 spiro atoms. The number of unbranched alkanes of at least 4 members (excludes halogenated alkanes) is 11. The standard InChI is InChI=1S/C22H37NO6S/c1-2-3-4-5-6-7-8-9-10-11-12-13-14-15-16-17-20(24)23-21(25)18-19(22(23)26)30(27,28)29/h9-10,19H,2-8,11-18H2,1H3,(H,27,28,29)/b10-9-. The van der Waals surface area contributed by atoms with Crippen molar-refractivity contribution >= 4 is 27.8 Å². The van der Waals surface area contributed by atoms with E-state index in [-0.39, 0.29) is 6.42 Å². The molecule has 0 aliphatic carbocycles. The molecular formula is C22H37NO6S. The molecule has 1 unspecified atom stereocenters. The molecule has 1 saturated heterocycles. The average molecular weight is 444 g/mol. The van der Waals surface area contributed by atoms with E-state index in [0.717, 1.165) is 38.5 Å². The first kappa shape index (κ1) is 26.5. The number of hydrogen-bond acceptors (Lipinski definition) is 5. The minimum absolute atomic E-state index is 0.0217. The molecule has 1 fully saturated rings. The normalized spacial score (nSPS) is 17.4. The van der Waals surface area contributed by atoms with E-state index in [4.69, 9.17) is 4.55 Å². The number of amides is 3. The van der Waals surface area contributed by atoms with Crippen molar-refractivity contribution in [1.82, 2.24) is 4.90 Å². The van der Waals surface area contributed by atoms with Crippen molar-refractivity contribution in [3.05, 3.63) is 12.2 Å². The molecule has 1 atom stereocenters. The maximum absolute atomic E-state index is 12.1. The lowest BCUT2D eigenvalue weighted by Crippen LogP contribution is -2.39. The van der Waals surface area contributed by atoms with Crippen molar-refractivity contribution < 1.29 is 27.4 Å². The fraction of sp³-hybridized carbons (Fsp3) is 0.773. The van der Waals surface area contributed by atoms with E-state index in [2.05, 4.69) is 19.1 Å². The van der Waals surface area contributed by atoms with Crippen molar-refractivity contribution in [2.45, 2.75) is 108 Å². The van der Waals surface area contributed by atoms with Crippen molar-refractivity contribution in [2.75, 3.05) is 0 Å². The average Bonchev–Trinajstić information content (AvgIpc) is 2.99. The van der Waals surface area contributed by atoms with Gasteiger partial charge in [-0.2, -0.15) is 8.42 Å². The second-order valence-electron chi connectivity index (χ2n) is 8.00. The van der Waals surface area contributed by atoms with Gasteiger partial charge in [-0.1, -0.05) is 70.4 Å². The second kappa shape index (κ2) is 14.5. The van der Waals surface area contributed by atoms with E-state index in [1.54, 1.807) is 0 Å². The van der Waals surface area contributed by atoms with Crippen LogP contribution in [0.15, 0.2) is 12.2 Å². The Balaban J connectivity index is 2.05. The predicted molar refractivity (Wildman–Crippen MR) is 116 cm³/mol. The van der Waals surface area contributed by atoms with E-state index >= 15 is 0 Å². The molecule has 7 nitrogen and oxygen atoms in total. The molecule has 1 aliphatic rings. The van der Waals surface area contributed by atoms with Crippen LogP contribution in [0.5, 0.6) is 0 Å². The fourth-order valence-electron chi connectivity index (χ4n) is 3.56. The van der Waals surface area contributed by atoms with Gasteiger partial charge in [0.1, 0.15) is 0 Å². The molecule has 0 bridgehead atoms. The Bertz CT molecular complexity index is 686. The molecule has 30 heavy (non-hydrogen) atoms. The summed E-state index contributed by atoms with van der Waals surface area (Å²) in [5.41, 5.74) is 0.